The van der Waals surface area contributed by atoms with E-state index in [1.165, 1.54) is 19.1 Å². The Morgan fingerprint density at radius 2 is 1.92 bits per heavy atom. The highest BCUT2D eigenvalue weighted by molar-refractivity contribution is 7.09. The van der Waals surface area contributed by atoms with Crippen molar-refractivity contribution in [2.45, 2.75) is 26.3 Å². The Morgan fingerprint density at radius 1 is 1.16 bits per heavy atom. The monoisotopic (exact) mass is 363 g/mol. The zero-order chi connectivity index (χ0) is 18.4. The highest BCUT2D eigenvalue weighted by Gasteiger charge is 2.18. The minimum atomic E-state index is -0.975. The van der Waals surface area contributed by atoms with Gasteiger partial charge in [-0.2, -0.15) is 0 Å². The van der Waals surface area contributed by atoms with E-state index in [0.29, 0.717) is 12.1 Å². The molecule has 3 N–H and O–H groups in total. The first-order valence-electron chi connectivity index (χ1n) is 7.56. The van der Waals surface area contributed by atoms with Crippen LogP contribution in [0.5, 0.6) is 0 Å². The van der Waals surface area contributed by atoms with Gasteiger partial charge in [-0.3, -0.25) is 14.4 Å². The van der Waals surface area contributed by atoms with Crippen molar-refractivity contribution in [3.05, 3.63) is 46.4 Å². The number of nitrogens with one attached hydrogen (secondary N) is 3. The second kappa shape index (κ2) is 8.39. The van der Waals surface area contributed by atoms with Crippen LogP contribution in [-0.2, 0) is 20.8 Å². The van der Waals surface area contributed by atoms with Gasteiger partial charge in [0.2, 0.25) is 5.91 Å². The van der Waals surface area contributed by atoms with Crippen LogP contribution in [0.4, 0.5) is 15.8 Å². The van der Waals surface area contributed by atoms with Crippen LogP contribution in [0.25, 0.3) is 0 Å². The van der Waals surface area contributed by atoms with E-state index in [4.69, 9.17) is 0 Å². The third-order valence-corrected chi connectivity index (χ3v) is 4.10. The third kappa shape index (κ3) is 5.68. The first-order chi connectivity index (χ1) is 11.8. The molecule has 0 spiro atoms. The zero-order valence-corrected chi connectivity index (χ0v) is 14.6. The number of hydrogen-bond donors (Lipinski definition) is 3. The van der Waals surface area contributed by atoms with Crippen molar-refractivity contribution >= 4 is 40.4 Å². The maximum atomic E-state index is 13.8. The molecule has 0 aliphatic rings. The molecule has 1 heterocycles. The van der Waals surface area contributed by atoms with E-state index < -0.39 is 17.6 Å². The van der Waals surface area contributed by atoms with Gasteiger partial charge in [-0.15, -0.1) is 11.3 Å². The van der Waals surface area contributed by atoms with Crippen LogP contribution in [0.1, 0.15) is 18.7 Å². The molecular weight excluding hydrogens is 345 g/mol. The summed E-state index contributed by atoms with van der Waals surface area (Å²) in [6, 6.07) is 7.31. The summed E-state index contributed by atoms with van der Waals surface area (Å²) >= 11 is 1.56. The van der Waals surface area contributed by atoms with Crippen molar-refractivity contribution in [1.82, 2.24) is 5.32 Å². The molecule has 25 heavy (non-hydrogen) atoms. The molecule has 6 nitrogen and oxygen atoms in total. The number of carbonyl (C=O) groups excluding carboxylic acids is 3. The molecular formula is C17H18FN3O3S. The summed E-state index contributed by atoms with van der Waals surface area (Å²) in [5.74, 6) is -2.86. The molecule has 3 amide bonds. The summed E-state index contributed by atoms with van der Waals surface area (Å²) in [5.41, 5.74) is 0.132. The van der Waals surface area contributed by atoms with Crippen LogP contribution >= 0.6 is 11.3 Å². The van der Waals surface area contributed by atoms with E-state index >= 15 is 0 Å². The fourth-order valence-electron chi connectivity index (χ4n) is 2.15. The van der Waals surface area contributed by atoms with E-state index in [2.05, 4.69) is 16.0 Å². The van der Waals surface area contributed by atoms with Crippen LogP contribution in [0.15, 0.2) is 35.7 Å². The molecule has 0 radical (unpaired) electrons. The van der Waals surface area contributed by atoms with E-state index in [0.717, 1.165) is 10.9 Å². The highest BCUT2D eigenvalue weighted by atomic mass is 32.1. The Kier molecular flexibility index (Phi) is 6.24. The van der Waals surface area contributed by atoms with Gasteiger partial charge in [0.15, 0.2) is 0 Å². The predicted octanol–water partition coefficient (Wildman–Crippen LogP) is 2.53. The lowest BCUT2D eigenvalue weighted by atomic mass is 10.2. The van der Waals surface area contributed by atoms with E-state index in [1.807, 2.05) is 17.5 Å². The number of hydrogen-bond acceptors (Lipinski definition) is 4. The van der Waals surface area contributed by atoms with Crippen LogP contribution in [0, 0.1) is 5.82 Å². The normalized spacial score (nSPS) is 11.5. The van der Waals surface area contributed by atoms with Gasteiger partial charge < -0.3 is 16.0 Å². The second-order valence-electron chi connectivity index (χ2n) is 5.49. The number of benzene rings is 1. The van der Waals surface area contributed by atoms with Gasteiger partial charge in [-0.05, 0) is 36.6 Å². The molecule has 0 fully saturated rings. The van der Waals surface area contributed by atoms with Crippen molar-refractivity contribution in [2.24, 2.45) is 0 Å². The Labute approximate surface area is 148 Å². The molecule has 132 valence electrons. The van der Waals surface area contributed by atoms with Gasteiger partial charge in [0.25, 0.3) is 0 Å². The summed E-state index contributed by atoms with van der Waals surface area (Å²) in [4.78, 5) is 36.0. The van der Waals surface area contributed by atoms with Gasteiger partial charge in [-0.25, -0.2) is 4.39 Å². The largest absolute Gasteiger partial charge is 0.345 e. The fourth-order valence-corrected chi connectivity index (χ4v) is 2.99. The number of rotatable bonds is 5. The summed E-state index contributed by atoms with van der Waals surface area (Å²) in [5, 5.41) is 9.19. The topological polar surface area (TPSA) is 87.3 Å². The van der Waals surface area contributed by atoms with Gasteiger partial charge in [-0.1, -0.05) is 6.07 Å². The molecule has 0 saturated heterocycles. The fraction of sp³-hybridized carbons (Fsp3) is 0.235. The molecule has 8 heteroatoms. The minimum Gasteiger partial charge on any atom is -0.345 e. The third-order valence-electron chi connectivity index (χ3n) is 3.21. The maximum absolute atomic E-state index is 13.8. The number of anilines is 2. The SMILES string of the molecule is CC(=O)Nc1ccc(F)c(NC(=O)C(=O)NC(C)Cc2cccs2)c1. The Balaban J connectivity index is 1.96. The van der Waals surface area contributed by atoms with Gasteiger partial charge in [0.1, 0.15) is 5.82 Å². The predicted molar refractivity (Wildman–Crippen MR) is 95.0 cm³/mol. The molecule has 2 rings (SSSR count). The number of halogens is 1. The number of amides is 3. The van der Waals surface area contributed by atoms with Gasteiger partial charge >= 0.3 is 11.8 Å². The van der Waals surface area contributed by atoms with E-state index in [9.17, 15) is 18.8 Å². The van der Waals surface area contributed by atoms with E-state index in [-0.39, 0.29) is 17.6 Å². The van der Waals surface area contributed by atoms with Gasteiger partial charge in [0, 0.05) is 30.0 Å². The van der Waals surface area contributed by atoms with E-state index in [1.54, 1.807) is 18.3 Å². The van der Waals surface area contributed by atoms with Gasteiger partial charge in [0.05, 0.1) is 5.69 Å². The maximum Gasteiger partial charge on any atom is 0.313 e. The molecule has 0 aliphatic carbocycles. The minimum absolute atomic E-state index is 0.183. The number of thiophene rings is 1. The standard InChI is InChI=1S/C17H18FN3O3S/c1-10(8-13-4-3-7-25-13)19-16(23)17(24)21-15-9-12(20-11(2)22)5-6-14(15)18/h3-7,9-10H,8H2,1-2H3,(H,19,23)(H,20,22)(H,21,24). The lowest BCUT2D eigenvalue weighted by Crippen LogP contribution is -2.41. The quantitative estimate of drug-likeness (QED) is 0.714. The molecule has 2 aromatic rings. The summed E-state index contributed by atoms with van der Waals surface area (Å²) in [6.07, 6.45) is 0.600. The van der Waals surface area contributed by atoms with Crippen LogP contribution in [0.2, 0.25) is 0 Å². The van der Waals surface area contributed by atoms with Crippen molar-refractivity contribution in [1.29, 1.82) is 0 Å². The average molecular weight is 363 g/mol. The zero-order valence-electron chi connectivity index (χ0n) is 13.8. The molecule has 0 aliphatic heterocycles. The number of carbonyl (C=O) groups is 3. The molecule has 1 aromatic heterocycles. The molecule has 0 saturated carbocycles. The second-order valence-corrected chi connectivity index (χ2v) is 6.52. The lowest BCUT2D eigenvalue weighted by Gasteiger charge is -2.13. The average Bonchev–Trinajstić information content (AvgIpc) is 3.02. The highest BCUT2D eigenvalue weighted by Crippen LogP contribution is 2.19. The van der Waals surface area contributed by atoms with Crippen LogP contribution in [-0.4, -0.2) is 23.8 Å². The summed E-state index contributed by atoms with van der Waals surface area (Å²) in [7, 11) is 0. The molecule has 1 aromatic carbocycles. The van der Waals surface area contributed by atoms with Crippen LogP contribution in [0.3, 0.4) is 0 Å². The smallest absolute Gasteiger partial charge is 0.313 e. The first kappa shape index (κ1) is 18.6. The van der Waals surface area contributed by atoms with Crippen LogP contribution < -0.4 is 16.0 Å². The lowest BCUT2D eigenvalue weighted by molar-refractivity contribution is -0.136. The van der Waals surface area contributed by atoms with Crippen molar-refractivity contribution in [3.63, 3.8) is 0 Å². The Hall–Kier alpha value is -2.74. The Bertz CT molecular complexity index is 777. The molecule has 1 atom stereocenters. The van der Waals surface area contributed by atoms with Crippen molar-refractivity contribution in [2.75, 3.05) is 10.6 Å². The Morgan fingerprint density at radius 3 is 2.56 bits per heavy atom. The summed E-state index contributed by atoms with van der Waals surface area (Å²) in [6.45, 7) is 3.09. The van der Waals surface area contributed by atoms with Crippen molar-refractivity contribution in [3.8, 4) is 0 Å². The molecule has 1 unspecified atom stereocenters. The summed E-state index contributed by atoms with van der Waals surface area (Å²) < 4.78 is 13.8. The van der Waals surface area contributed by atoms with Crippen molar-refractivity contribution < 1.29 is 18.8 Å². The molecule has 0 bridgehead atoms. The first-order valence-corrected chi connectivity index (χ1v) is 8.44.